The van der Waals surface area contributed by atoms with Gasteiger partial charge in [-0.2, -0.15) is 0 Å². The Kier molecular flexibility index (Phi) is 10.8. The summed E-state index contributed by atoms with van der Waals surface area (Å²) in [7, 11) is -3.71. The number of halogens is 1. The second-order valence-electron chi connectivity index (χ2n) is 7.56. The number of unbranched alkanes of at least 4 members (excludes halogenated alkanes) is 4. The van der Waals surface area contributed by atoms with Gasteiger partial charge in [0.2, 0.25) is 10.0 Å². The maximum atomic E-state index is 12.9. The van der Waals surface area contributed by atoms with Crippen LogP contribution in [0.4, 0.5) is 0 Å². The summed E-state index contributed by atoms with van der Waals surface area (Å²) in [6.45, 7) is 8.31. The van der Waals surface area contributed by atoms with Crippen molar-refractivity contribution in [3.05, 3.63) is 16.5 Å². The molecule has 0 aliphatic carbocycles. The van der Waals surface area contributed by atoms with E-state index < -0.39 is 21.7 Å². The Balaban J connectivity index is 3.12. The maximum Gasteiger partial charge on any atom is 0.250 e. The Morgan fingerprint density at radius 2 is 1.67 bits per heavy atom. The highest BCUT2D eigenvalue weighted by molar-refractivity contribution is 7.91. The molecule has 0 bridgehead atoms. The SMILES string of the molecule is CCCCCC(O)(CCCCC)[C@@H](NS(=O)(=O)c1ccc(Cl)s1)[C@@H](C)CC. The highest BCUT2D eigenvalue weighted by Crippen LogP contribution is 2.33. The average Bonchev–Trinajstić information content (AvgIpc) is 3.07. The number of nitrogens with one attached hydrogen (secondary N) is 1. The zero-order valence-corrected chi connectivity index (χ0v) is 19.5. The van der Waals surface area contributed by atoms with Gasteiger partial charge in [0.25, 0.3) is 0 Å². The monoisotopic (exact) mass is 437 g/mol. The first-order valence-electron chi connectivity index (χ1n) is 10.2. The molecule has 1 aromatic heterocycles. The number of sulfonamides is 1. The van der Waals surface area contributed by atoms with Crippen LogP contribution < -0.4 is 4.72 Å². The van der Waals surface area contributed by atoms with E-state index in [2.05, 4.69) is 18.6 Å². The maximum absolute atomic E-state index is 12.9. The first-order chi connectivity index (χ1) is 12.7. The third kappa shape index (κ3) is 7.65. The van der Waals surface area contributed by atoms with Gasteiger partial charge in [-0.15, -0.1) is 11.3 Å². The second-order valence-corrected chi connectivity index (χ2v) is 11.2. The van der Waals surface area contributed by atoms with Crippen molar-refractivity contribution in [2.45, 2.75) is 101 Å². The summed E-state index contributed by atoms with van der Waals surface area (Å²) in [5.41, 5.74) is -1.03. The highest BCUT2D eigenvalue weighted by atomic mass is 35.5. The molecule has 0 saturated heterocycles. The molecule has 1 rings (SSSR count). The number of rotatable bonds is 14. The summed E-state index contributed by atoms with van der Waals surface area (Å²) in [6.07, 6.45) is 8.05. The first-order valence-corrected chi connectivity index (χ1v) is 12.9. The summed E-state index contributed by atoms with van der Waals surface area (Å²) in [5, 5.41) is 11.6. The van der Waals surface area contributed by atoms with Crippen LogP contribution in [0.15, 0.2) is 16.3 Å². The standard InChI is InChI=1S/C20H36ClNO3S2/c1-5-8-10-14-20(23,15-11-9-6-2)19(16(4)7-3)22-27(24,25)18-13-12-17(21)26-18/h12-13,16,19,22-23H,5-11,14-15H2,1-4H3/t16-,19-/m0/s1. The van der Waals surface area contributed by atoms with Gasteiger partial charge in [-0.05, 0) is 30.9 Å². The highest BCUT2D eigenvalue weighted by Gasteiger charge is 2.41. The minimum absolute atomic E-state index is 0.0310. The van der Waals surface area contributed by atoms with E-state index >= 15 is 0 Å². The van der Waals surface area contributed by atoms with Crippen molar-refractivity contribution >= 4 is 33.0 Å². The van der Waals surface area contributed by atoms with Crippen LogP contribution in [0.25, 0.3) is 0 Å². The van der Waals surface area contributed by atoms with E-state index in [0.717, 1.165) is 56.3 Å². The van der Waals surface area contributed by atoms with Gasteiger partial charge >= 0.3 is 0 Å². The zero-order chi connectivity index (χ0) is 20.5. The Morgan fingerprint density at radius 1 is 1.11 bits per heavy atom. The van der Waals surface area contributed by atoms with Crippen LogP contribution >= 0.6 is 22.9 Å². The predicted molar refractivity (Wildman–Crippen MR) is 116 cm³/mol. The van der Waals surface area contributed by atoms with Crippen molar-refractivity contribution in [1.29, 1.82) is 0 Å². The molecule has 158 valence electrons. The Hall–Kier alpha value is -0.140. The second kappa shape index (κ2) is 11.8. The molecule has 0 aliphatic rings. The van der Waals surface area contributed by atoms with Crippen molar-refractivity contribution < 1.29 is 13.5 Å². The number of hydrogen-bond donors (Lipinski definition) is 2. The van der Waals surface area contributed by atoms with Gasteiger partial charge in [0.1, 0.15) is 4.21 Å². The van der Waals surface area contributed by atoms with Gasteiger partial charge in [0, 0.05) is 0 Å². The number of aliphatic hydroxyl groups is 1. The van der Waals surface area contributed by atoms with Crippen LogP contribution in [-0.2, 0) is 10.0 Å². The lowest BCUT2D eigenvalue weighted by molar-refractivity contribution is -0.0279. The van der Waals surface area contributed by atoms with Crippen LogP contribution in [0.1, 0.15) is 85.5 Å². The fourth-order valence-corrected chi connectivity index (χ4v) is 6.37. The topological polar surface area (TPSA) is 66.4 Å². The Morgan fingerprint density at radius 3 is 2.07 bits per heavy atom. The largest absolute Gasteiger partial charge is 0.388 e. The molecule has 27 heavy (non-hydrogen) atoms. The van der Waals surface area contributed by atoms with Crippen molar-refractivity contribution in [2.75, 3.05) is 0 Å². The summed E-state index contributed by atoms with van der Waals surface area (Å²) in [5.74, 6) is 0.0310. The van der Waals surface area contributed by atoms with E-state index in [9.17, 15) is 13.5 Å². The molecule has 4 nitrogen and oxygen atoms in total. The van der Waals surface area contributed by atoms with E-state index in [-0.39, 0.29) is 10.1 Å². The molecule has 2 N–H and O–H groups in total. The number of thiophene rings is 1. The molecule has 2 atom stereocenters. The third-order valence-corrected chi connectivity index (χ3v) is 8.48. The molecule has 0 unspecified atom stereocenters. The summed E-state index contributed by atoms with van der Waals surface area (Å²) >= 11 is 6.97. The molecule has 0 aromatic carbocycles. The third-order valence-electron chi connectivity index (χ3n) is 5.31. The zero-order valence-electron chi connectivity index (χ0n) is 17.1. The number of hydrogen-bond acceptors (Lipinski definition) is 4. The van der Waals surface area contributed by atoms with Crippen LogP contribution in [0.5, 0.6) is 0 Å². The van der Waals surface area contributed by atoms with Crippen molar-refractivity contribution in [1.82, 2.24) is 4.72 Å². The molecule has 7 heteroatoms. The molecule has 0 spiro atoms. The van der Waals surface area contributed by atoms with Gasteiger partial charge < -0.3 is 5.11 Å². The Labute approximate surface area is 174 Å². The van der Waals surface area contributed by atoms with Gasteiger partial charge in [-0.3, -0.25) is 0 Å². The fourth-order valence-electron chi connectivity index (χ4n) is 3.46. The molecule has 1 aromatic rings. The lowest BCUT2D eigenvalue weighted by Crippen LogP contribution is -2.55. The van der Waals surface area contributed by atoms with E-state index in [1.165, 1.54) is 6.07 Å². The quantitative estimate of drug-likeness (QED) is 0.351. The fraction of sp³-hybridized carbons (Fsp3) is 0.800. The molecule has 0 saturated carbocycles. The summed E-state index contributed by atoms with van der Waals surface area (Å²) < 4.78 is 29.3. The predicted octanol–water partition coefficient (Wildman–Crippen LogP) is 5.99. The molecule has 1 heterocycles. The minimum Gasteiger partial charge on any atom is -0.388 e. The van der Waals surface area contributed by atoms with E-state index in [0.29, 0.717) is 17.2 Å². The lowest BCUT2D eigenvalue weighted by atomic mass is 9.78. The first kappa shape index (κ1) is 24.9. The van der Waals surface area contributed by atoms with Gasteiger partial charge in [0.05, 0.1) is 16.0 Å². The van der Waals surface area contributed by atoms with Crippen molar-refractivity contribution in [3.63, 3.8) is 0 Å². The Bertz CT molecular complexity index is 635. The van der Waals surface area contributed by atoms with Crippen LogP contribution in [0.2, 0.25) is 4.34 Å². The van der Waals surface area contributed by atoms with Crippen molar-refractivity contribution in [3.8, 4) is 0 Å². The lowest BCUT2D eigenvalue weighted by Gasteiger charge is -2.40. The summed E-state index contributed by atoms with van der Waals surface area (Å²) in [4.78, 5) is 0. The molecule has 0 aliphatic heterocycles. The normalized spacial score (nSPS) is 15.0. The average molecular weight is 438 g/mol. The smallest absolute Gasteiger partial charge is 0.250 e. The van der Waals surface area contributed by atoms with Gasteiger partial charge in [-0.1, -0.05) is 84.2 Å². The van der Waals surface area contributed by atoms with Gasteiger partial charge in [-0.25, -0.2) is 13.1 Å². The molecular formula is C20H36ClNO3S2. The van der Waals surface area contributed by atoms with Crippen LogP contribution in [-0.4, -0.2) is 25.2 Å². The van der Waals surface area contributed by atoms with Crippen LogP contribution in [0.3, 0.4) is 0 Å². The van der Waals surface area contributed by atoms with E-state index in [1.54, 1.807) is 6.07 Å². The van der Waals surface area contributed by atoms with E-state index in [1.807, 2.05) is 13.8 Å². The molecular weight excluding hydrogens is 402 g/mol. The van der Waals surface area contributed by atoms with E-state index in [4.69, 9.17) is 11.6 Å². The molecule has 0 amide bonds. The van der Waals surface area contributed by atoms with Crippen molar-refractivity contribution in [2.24, 2.45) is 5.92 Å². The molecule has 0 fully saturated rings. The van der Waals surface area contributed by atoms with Crippen LogP contribution in [0, 0.1) is 5.92 Å². The summed E-state index contributed by atoms with van der Waals surface area (Å²) in [6, 6.07) is 2.60. The van der Waals surface area contributed by atoms with Gasteiger partial charge in [0.15, 0.2) is 0 Å². The molecule has 0 radical (unpaired) electrons. The minimum atomic E-state index is -3.71.